The molecule has 3 nitrogen and oxygen atoms in total. The molecule has 0 radical (unpaired) electrons. The summed E-state index contributed by atoms with van der Waals surface area (Å²) in [5.74, 6) is 4.40. The van der Waals surface area contributed by atoms with Gasteiger partial charge in [-0.05, 0) is 87.5 Å². The molecular weight excluding hydrogens is 236 g/mol. The van der Waals surface area contributed by atoms with Crippen LogP contribution in [0.15, 0.2) is 0 Å². The van der Waals surface area contributed by atoms with Crippen molar-refractivity contribution in [3.05, 3.63) is 0 Å². The van der Waals surface area contributed by atoms with E-state index >= 15 is 0 Å². The molecule has 5 fully saturated rings. The van der Waals surface area contributed by atoms with Gasteiger partial charge in [-0.2, -0.15) is 0 Å². The summed E-state index contributed by atoms with van der Waals surface area (Å²) in [4.78, 5) is 12.3. The van der Waals surface area contributed by atoms with Crippen LogP contribution < -0.4 is 11.1 Å². The van der Waals surface area contributed by atoms with E-state index in [1.165, 1.54) is 44.9 Å². The van der Waals surface area contributed by atoms with E-state index in [1.54, 1.807) is 0 Å². The molecule has 0 saturated heterocycles. The number of amides is 1. The number of carbonyl (C=O) groups is 1. The first-order valence-corrected chi connectivity index (χ1v) is 8.14. The molecule has 4 bridgehead atoms. The Labute approximate surface area is 115 Å². The van der Waals surface area contributed by atoms with Gasteiger partial charge in [0.15, 0.2) is 0 Å². The van der Waals surface area contributed by atoms with Crippen molar-refractivity contribution in [2.75, 3.05) is 7.05 Å². The van der Waals surface area contributed by atoms with Gasteiger partial charge in [0.25, 0.3) is 0 Å². The number of nitrogens with two attached hydrogens (primary N) is 1. The topological polar surface area (TPSA) is 55.1 Å². The van der Waals surface area contributed by atoms with Crippen molar-refractivity contribution >= 4 is 5.91 Å². The predicted octanol–water partition coefficient (Wildman–Crippen LogP) is 1.91. The zero-order valence-electron chi connectivity index (χ0n) is 11.9. The van der Waals surface area contributed by atoms with E-state index in [4.69, 9.17) is 5.73 Å². The van der Waals surface area contributed by atoms with Crippen molar-refractivity contribution in [1.29, 1.82) is 0 Å². The van der Waals surface area contributed by atoms with Crippen molar-refractivity contribution in [3.63, 3.8) is 0 Å². The maximum atomic E-state index is 12.3. The van der Waals surface area contributed by atoms with Crippen LogP contribution in [-0.4, -0.2) is 18.5 Å². The second-order valence-corrected chi connectivity index (χ2v) is 7.71. The predicted molar refractivity (Wildman–Crippen MR) is 74.2 cm³/mol. The van der Waals surface area contributed by atoms with Crippen LogP contribution in [-0.2, 0) is 4.79 Å². The van der Waals surface area contributed by atoms with Gasteiger partial charge in [-0.3, -0.25) is 4.79 Å². The van der Waals surface area contributed by atoms with E-state index in [1.807, 2.05) is 7.05 Å². The number of carbonyl (C=O) groups excluding carboxylic acids is 1. The lowest BCUT2D eigenvalue weighted by atomic mass is 9.47. The number of hydrogen-bond acceptors (Lipinski definition) is 2. The SMILES string of the molecule is CNC(C(N)=O)(C1CC1)C1C2CC3CC(C2)CC1C3. The average Bonchev–Trinajstić information content (AvgIpc) is 3.17. The van der Waals surface area contributed by atoms with Crippen molar-refractivity contribution < 1.29 is 4.79 Å². The molecule has 0 aromatic carbocycles. The molecule has 5 saturated carbocycles. The molecule has 5 aliphatic rings. The van der Waals surface area contributed by atoms with Crippen LogP contribution >= 0.6 is 0 Å². The molecule has 0 aliphatic heterocycles. The van der Waals surface area contributed by atoms with Crippen molar-refractivity contribution in [1.82, 2.24) is 5.32 Å². The van der Waals surface area contributed by atoms with Gasteiger partial charge in [0.05, 0.1) is 0 Å². The van der Waals surface area contributed by atoms with Crippen LogP contribution in [0.2, 0.25) is 0 Å². The summed E-state index contributed by atoms with van der Waals surface area (Å²) in [5.41, 5.74) is 5.52. The maximum Gasteiger partial charge on any atom is 0.238 e. The first-order chi connectivity index (χ1) is 9.15. The third kappa shape index (κ3) is 1.57. The Balaban J connectivity index is 1.71. The minimum absolute atomic E-state index is 0.0741. The van der Waals surface area contributed by atoms with Crippen LogP contribution in [0.3, 0.4) is 0 Å². The Morgan fingerprint density at radius 2 is 1.58 bits per heavy atom. The van der Waals surface area contributed by atoms with Gasteiger partial charge in [-0.15, -0.1) is 0 Å². The maximum absolute atomic E-state index is 12.3. The van der Waals surface area contributed by atoms with E-state index in [2.05, 4.69) is 5.32 Å². The van der Waals surface area contributed by atoms with E-state index < -0.39 is 0 Å². The summed E-state index contributed by atoms with van der Waals surface area (Å²) in [6.45, 7) is 0. The molecule has 5 aliphatic carbocycles. The summed E-state index contributed by atoms with van der Waals surface area (Å²) < 4.78 is 0. The molecule has 5 rings (SSSR count). The third-order valence-electron chi connectivity index (χ3n) is 6.80. The molecule has 0 spiro atoms. The van der Waals surface area contributed by atoms with Crippen LogP contribution in [0.25, 0.3) is 0 Å². The Hall–Kier alpha value is -0.570. The lowest BCUT2D eigenvalue weighted by Crippen LogP contribution is -2.67. The molecule has 1 atom stereocenters. The number of nitrogens with one attached hydrogen (secondary N) is 1. The molecule has 106 valence electrons. The van der Waals surface area contributed by atoms with Crippen LogP contribution in [0.4, 0.5) is 0 Å². The fraction of sp³-hybridized carbons (Fsp3) is 0.938. The normalized spacial score (nSPS) is 47.1. The van der Waals surface area contributed by atoms with Crippen molar-refractivity contribution in [2.45, 2.75) is 50.5 Å². The number of likely N-dealkylation sites (N-methyl/N-ethyl adjacent to an activating group) is 1. The fourth-order valence-corrected chi connectivity index (χ4v) is 6.34. The highest BCUT2D eigenvalue weighted by atomic mass is 16.1. The molecule has 3 heteroatoms. The van der Waals surface area contributed by atoms with Crippen LogP contribution in [0.1, 0.15) is 44.9 Å². The highest BCUT2D eigenvalue weighted by Crippen LogP contribution is 2.61. The zero-order valence-corrected chi connectivity index (χ0v) is 11.9. The third-order valence-corrected chi connectivity index (χ3v) is 6.80. The summed E-state index contributed by atoms with van der Waals surface area (Å²) in [6, 6.07) is 0. The zero-order chi connectivity index (χ0) is 13.2. The van der Waals surface area contributed by atoms with E-state index in [0.29, 0.717) is 11.8 Å². The molecule has 1 unspecified atom stereocenters. The highest BCUT2D eigenvalue weighted by molar-refractivity contribution is 5.86. The molecule has 19 heavy (non-hydrogen) atoms. The van der Waals surface area contributed by atoms with Gasteiger partial charge in [0.2, 0.25) is 5.91 Å². The number of hydrogen-bond donors (Lipinski definition) is 2. The highest BCUT2D eigenvalue weighted by Gasteiger charge is 2.62. The fourth-order valence-electron chi connectivity index (χ4n) is 6.34. The monoisotopic (exact) mass is 262 g/mol. The standard InChI is InChI=1S/C16H26N2O/c1-18-16(15(17)19,13-2-3-13)14-11-5-9-4-10(7-11)8-12(14)6-9/h9-14,18H,2-8H2,1H3,(H2,17,19). The van der Waals surface area contributed by atoms with E-state index in [0.717, 1.165) is 23.7 Å². The number of rotatable bonds is 4. The molecule has 1 amide bonds. The Bertz CT molecular complexity index is 376. The summed E-state index contributed by atoms with van der Waals surface area (Å²) in [7, 11) is 1.97. The summed E-state index contributed by atoms with van der Waals surface area (Å²) in [6.07, 6.45) is 9.29. The Morgan fingerprint density at radius 1 is 1.05 bits per heavy atom. The van der Waals surface area contributed by atoms with Crippen molar-refractivity contribution in [2.24, 2.45) is 41.2 Å². The second-order valence-electron chi connectivity index (χ2n) is 7.71. The van der Waals surface area contributed by atoms with Gasteiger partial charge in [0, 0.05) is 0 Å². The molecule has 3 N–H and O–H groups in total. The minimum Gasteiger partial charge on any atom is -0.368 e. The number of primary amides is 1. The first kappa shape index (κ1) is 12.2. The summed E-state index contributed by atoms with van der Waals surface area (Å²) in [5, 5.41) is 3.43. The minimum atomic E-state index is -0.386. The molecule has 0 aromatic heterocycles. The quantitative estimate of drug-likeness (QED) is 0.813. The Kier molecular flexibility index (Phi) is 2.55. The van der Waals surface area contributed by atoms with Gasteiger partial charge >= 0.3 is 0 Å². The Morgan fingerprint density at radius 3 is 1.95 bits per heavy atom. The van der Waals surface area contributed by atoms with Crippen molar-refractivity contribution in [3.8, 4) is 0 Å². The van der Waals surface area contributed by atoms with Crippen LogP contribution in [0.5, 0.6) is 0 Å². The lowest BCUT2D eigenvalue weighted by molar-refractivity contribution is -0.139. The van der Waals surface area contributed by atoms with Gasteiger partial charge < -0.3 is 11.1 Å². The smallest absolute Gasteiger partial charge is 0.238 e. The molecule has 0 aromatic rings. The van der Waals surface area contributed by atoms with Gasteiger partial charge in [-0.25, -0.2) is 0 Å². The average molecular weight is 262 g/mol. The van der Waals surface area contributed by atoms with Crippen LogP contribution in [0, 0.1) is 35.5 Å². The largest absolute Gasteiger partial charge is 0.368 e. The van der Waals surface area contributed by atoms with Gasteiger partial charge in [0.1, 0.15) is 5.54 Å². The molecular formula is C16H26N2O. The summed E-state index contributed by atoms with van der Waals surface area (Å²) >= 11 is 0. The lowest BCUT2D eigenvalue weighted by Gasteiger charge is -2.59. The second kappa shape index (κ2) is 3.97. The van der Waals surface area contributed by atoms with E-state index in [9.17, 15) is 4.79 Å². The van der Waals surface area contributed by atoms with Gasteiger partial charge in [-0.1, -0.05) is 0 Å². The first-order valence-electron chi connectivity index (χ1n) is 8.14. The van der Waals surface area contributed by atoms with E-state index in [-0.39, 0.29) is 11.4 Å². The molecule has 0 heterocycles.